The minimum Gasteiger partial charge on any atom is -0.281 e. The van der Waals surface area contributed by atoms with Gasteiger partial charge in [-0.1, -0.05) is 26.8 Å². The molecular weight excluding hydrogens is 317 g/mol. The quantitative estimate of drug-likeness (QED) is 0.806. The summed E-state index contributed by atoms with van der Waals surface area (Å²) < 4.78 is 39.7. The van der Waals surface area contributed by atoms with E-state index in [1.54, 1.807) is 0 Å². The van der Waals surface area contributed by atoms with Crippen LogP contribution < -0.4 is 0 Å². The highest BCUT2D eigenvalue weighted by atomic mass is 35.5. The van der Waals surface area contributed by atoms with Gasteiger partial charge >= 0.3 is 6.18 Å². The monoisotopic (exact) mass is 330 g/mol. The van der Waals surface area contributed by atoms with Gasteiger partial charge in [0.1, 0.15) is 0 Å². The van der Waals surface area contributed by atoms with Crippen LogP contribution in [0, 0.1) is 0 Å². The first-order chi connectivity index (χ1) is 10.0. The second-order valence-electron chi connectivity index (χ2n) is 5.92. The van der Waals surface area contributed by atoms with Gasteiger partial charge in [-0.3, -0.25) is 9.89 Å². The van der Waals surface area contributed by atoms with Crippen molar-refractivity contribution in [2.75, 3.05) is 0 Å². The Bertz CT molecular complexity index is 714. The predicted molar refractivity (Wildman–Crippen MR) is 77.9 cm³/mol. The van der Waals surface area contributed by atoms with Crippen LogP contribution in [-0.4, -0.2) is 15.4 Å². The van der Waals surface area contributed by atoms with Crippen LogP contribution in [0.4, 0.5) is 13.2 Å². The van der Waals surface area contributed by atoms with Gasteiger partial charge in [-0.2, -0.15) is 18.3 Å². The standard InChI is InChI=1S/C15H14ClF3N2O/c1-14(2,3)11-7-10(20-21-11)12-8(13(16)22)5-4-6-9(12)15(17,18)19/h4-7H,1-3H3,(H,20,21). The molecule has 0 aliphatic heterocycles. The average molecular weight is 331 g/mol. The van der Waals surface area contributed by atoms with Crippen LogP contribution >= 0.6 is 11.6 Å². The lowest BCUT2D eigenvalue weighted by Crippen LogP contribution is -2.11. The summed E-state index contributed by atoms with van der Waals surface area (Å²) in [5.41, 5.74) is -1.07. The number of rotatable bonds is 2. The van der Waals surface area contributed by atoms with Crippen LogP contribution in [0.5, 0.6) is 0 Å². The van der Waals surface area contributed by atoms with Gasteiger partial charge in [-0.05, 0) is 29.8 Å². The fourth-order valence-electron chi connectivity index (χ4n) is 2.06. The summed E-state index contributed by atoms with van der Waals surface area (Å²) in [5, 5.41) is 5.69. The third-order valence-electron chi connectivity index (χ3n) is 3.22. The minimum atomic E-state index is -4.61. The number of nitrogens with one attached hydrogen (secondary N) is 1. The molecule has 3 nitrogen and oxygen atoms in total. The number of hydrogen-bond acceptors (Lipinski definition) is 2. The molecule has 0 radical (unpaired) electrons. The topological polar surface area (TPSA) is 45.8 Å². The highest BCUT2D eigenvalue weighted by Gasteiger charge is 2.36. The van der Waals surface area contributed by atoms with E-state index in [0.717, 1.165) is 12.1 Å². The van der Waals surface area contributed by atoms with Crippen LogP contribution in [0.15, 0.2) is 24.3 Å². The van der Waals surface area contributed by atoms with Crippen LogP contribution in [0.2, 0.25) is 0 Å². The molecule has 1 aromatic carbocycles. The van der Waals surface area contributed by atoms with E-state index >= 15 is 0 Å². The number of carbonyl (C=O) groups is 1. The van der Waals surface area contributed by atoms with Gasteiger partial charge in [0.15, 0.2) is 0 Å². The van der Waals surface area contributed by atoms with E-state index in [4.69, 9.17) is 11.6 Å². The van der Waals surface area contributed by atoms with Crippen molar-refractivity contribution in [3.05, 3.63) is 41.1 Å². The molecule has 0 atom stereocenters. The van der Waals surface area contributed by atoms with E-state index in [2.05, 4.69) is 10.2 Å². The van der Waals surface area contributed by atoms with Gasteiger partial charge in [0.25, 0.3) is 5.24 Å². The molecule has 0 saturated carbocycles. The van der Waals surface area contributed by atoms with Crippen molar-refractivity contribution < 1.29 is 18.0 Å². The maximum atomic E-state index is 13.2. The molecule has 0 fully saturated rings. The van der Waals surface area contributed by atoms with Crippen molar-refractivity contribution in [2.24, 2.45) is 0 Å². The first-order valence-electron chi connectivity index (χ1n) is 6.48. The van der Waals surface area contributed by atoms with Crippen LogP contribution in [-0.2, 0) is 11.6 Å². The first kappa shape index (κ1) is 16.5. The average Bonchev–Trinajstić information content (AvgIpc) is 2.85. The molecule has 0 spiro atoms. The van der Waals surface area contributed by atoms with Crippen molar-refractivity contribution >= 4 is 16.8 Å². The minimum absolute atomic E-state index is 0.0434. The van der Waals surface area contributed by atoms with E-state index in [-0.39, 0.29) is 22.2 Å². The molecule has 7 heteroatoms. The fourth-order valence-corrected chi connectivity index (χ4v) is 2.22. The van der Waals surface area contributed by atoms with E-state index < -0.39 is 17.0 Å². The molecule has 0 aliphatic carbocycles. The van der Waals surface area contributed by atoms with Gasteiger partial charge in [-0.15, -0.1) is 0 Å². The molecule has 0 amide bonds. The summed E-state index contributed by atoms with van der Waals surface area (Å²) in [4.78, 5) is 11.5. The maximum absolute atomic E-state index is 13.2. The molecule has 2 aromatic rings. The Labute approximate surface area is 130 Å². The number of aromatic amines is 1. The second-order valence-corrected chi connectivity index (χ2v) is 6.26. The molecule has 1 heterocycles. The van der Waals surface area contributed by atoms with Crippen LogP contribution in [0.1, 0.15) is 42.4 Å². The smallest absolute Gasteiger partial charge is 0.281 e. The van der Waals surface area contributed by atoms with Gasteiger partial charge in [0, 0.05) is 22.2 Å². The Kier molecular flexibility index (Phi) is 4.08. The summed E-state index contributed by atoms with van der Waals surface area (Å²) >= 11 is 5.43. The van der Waals surface area contributed by atoms with E-state index in [1.165, 1.54) is 12.1 Å². The van der Waals surface area contributed by atoms with E-state index in [0.29, 0.717) is 5.69 Å². The number of aromatic nitrogens is 2. The van der Waals surface area contributed by atoms with Crippen LogP contribution in [0.25, 0.3) is 11.3 Å². The van der Waals surface area contributed by atoms with E-state index in [1.807, 2.05) is 20.8 Å². The molecule has 1 N–H and O–H groups in total. The lowest BCUT2D eigenvalue weighted by molar-refractivity contribution is -0.137. The predicted octanol–water partition coefficient (Wildman–Crippen LogP) is 4.77. The summed E-state index contributed by atoms with van der Waals surface area (Å²) in [5.74, 6) is 0. The Morgan fingerprint density at radius 3 is 2.32 bits per heavy atom. The highest BCUT2D eigenvalue weighted by Crippen LogP contribution is 2.39. The van der Waals surface area contributed by atoms with Crippen molar-refractivity contribution in [3.8, 4) is 11.3 Å². The Morgan fingerprint density at radius 2 is 1.86 bits per heavy atom. The maximum Gasteiger partial charge on any atom is 0.417 e. The molecule has 2 rings (SSSR count). The van der Waals surface area contributed by atoms with E-state index in [9.17, 15) is 18.0 Å². The zero-order valence-electron chi connectivity index (χ0n) is 12.2. The zero-order chi connectivity index (χ0) is 16.7. The second kappa shape index (κ2) is 5.43. The molecule has 0 aliphatic rings. The molecule has 0 unspecified atom stereocenters. The third-order valence-corrected chi connectivity index (χ3v) is 3.43. The lowest BCUT2D eigenvalue weighted by Gasteiger charge is -2.15. The Balaban J connectivity index is 2.72. The number of hydrogen-bond donors (Lipinski definition) is 1. The SMILES string of the molecule is CC(C)(C)c1cc(-c2c(C(=O)Cl)cccc2C(F)(F)F)n[nH]1. The summed E-state index contributed by atoms with van der Waals surface area (Å²) in [7, 11) is 0. The lowest BCUT2D eigenvalue weighted by atomic mass is 9.91. The molecule has 0 saturated heterocycles. The van der Waals surface area contributed by atoms with Gasteiger partial charge in [-0.25, -0.2) is 0 Å². The number of benzene rings is 1. The number of nitrogens with zero attached hydrogens (tertiary/aromatic N) is 1. The van der Waals surface area contributed by atoms with Gasteiger partial charge < -0.3 is 0 Å². The zero-order valence-corrected chi connectivity index (χ0v) is 12.9. The fraction of sp³-hybridized carbons (Fsp3) is 0.333. The normalized spacial score (nSPS) is 12.5. The summed E-state index contributed by atoms with van der Waals surface area (Å²) in [6.45, 7) is 5.69. The van der Waals surface area contributed by atoms with Crippen molar-refractivity contribution in [3.63, 3.8) is 0 Å². The Morgan fingerprint density at radius 1 is 1.23 bits per heavy atom. The number of halogens is 4. The largest absolute Gasteiger partial charge is 0.417 e. The summed E-state index contributed by atoms with van der Waals surface area (Å²) in [6, 6.07) is 4.82. The van der Waals surface area contributed by atoms with Gasteiger partial charge in [0.05, 0.1) is 11.3 Å². The van der Waals surface area contributed by atoms with Crippen molar-refractivity contribution in [2.45, 2.75) is 32.4 Å². The number of alkyl halides is 3. The Hall–Kier alpha value is -1.82. The number of H-pyrrole nitrogens is 1. The molecular formula is C15H14ClF3N2O. The number of carbonyl (C=O) groups excluding carboxylic acids is 1. The van der Waals surface area contributed by atoms with Crippen molar-refractivity contribution in [1.29, 1.82) is 0 Å². The highest BCUT2D eigenvalue weighted by molar-refractivity contribution is 6.68. The van der Waals surface area contributed by atoms with Crippen LogP contribution in [0.3, 0.4) is 0 Å². The first-order valence-corrected chi connectivity index (χ1v) is 6.86. The molecule has 0 bridgehead atoms. The summed E-state index contributed by atoms with van der Waals surface area (Å²) in [6.07, 6.45) is -4.61. The molecule has 1 aromatic heterocycles. The third kappa shape index (κ3) is 3.16. The van der Waals surface area contributed by atoms with Crippen molar-refractivity contribution in [1.82, 2.24) is 10.2 Å². The van der Waals surface area contributed by atoms with Gasteiger partial charge in [0.2, 0.25) is 0 Å². The molecule has 22 heavy (non-hydrogen) atoms. The molecule has 118 valence electrons.